The minimum atomic E-state index is 0.677. The lowest BCUT2D eigenvalue weighted by Gasteiger charge is -2.35. The van der Waals surface area contributed by atoms with Gasteiger partial charge in [0.05, 0.1) is 0 Å². The van der Waals surface area contributed by atoms with E-state index in [2.05, 4.69) is 48.0 Å². The molecular formula is C25H39N3. The van der Waals surface area contributed by atoms with Gasteiger partial charge < -0.3 is 15.6 Å². The number of fused-ring (bicyclic) bond motifs is 1. The molecule has 1 aromatic heterocycles. The Labute approximate surface area is 171 Å². The summed E-state index contributed by atoms with van der Waals surface area (Å²) in [7, 11) is 0. The maximum atomic E-state index is 5.93. The maximum absolute atomic E-state index is 5.93. The van der Waals surface area contributed by atoms with Gasteiger partial charge in [-0.3, -0.25) is 0 Å². The quantitative estimate of drug-likeness (QED) is 0.705. The second-order valence-corrected chi connectivity index (χ2v) is 9.48. The summed E-state index contributed by atoms with van der Waals surface area (Å²) in [4.78, 5) is 0. The second-order valence-electron chi connectivity index (χ2n) is 9.48. The van der Waals surface area contributed by atoms with E-state index in [0.29, 0.717) is 12.0 Å². The maximum Gasteiger partial charge on any atom is 0.0488 e. The molecule has 28 heavy (non-hydrogen) atoms. The summed E-state index contributed by atoms with van der Waals surface area (Å²) in [5.41, 5.74) is 10.7. The van der Waals surface area contributed by atoms with Crippen LogP contribution in [0.4, 0.5) is 0 Å². The number of aryl methyl sites for hydroxylation is 1. The molecule has 0 unspecified atom stereocenters. The number of nitrogens with one attached hydrogen (secondary N) is 1. The highest BCUT2D eigenvalue weighted by molar-refractivity contribution is 5.86. The van der Waals surface area contributed by atoms with Gasteiger partial charge in [0.1, 0.15) is 0 Å². The van der Waals surface area contributed by atoms with Gasteiger partial charge in [0.2, 0.25) is 0 Å². The zero-order valence-corrected chi connectivity index (χ0v) is 17.9. The van der Waals surface area contributed by atoms with Crippen LogP contribution < -0.4 is 11.1 Å². The Hall–Kier alpha value is -1.32. The lowest BCUT2D eigenvalue weighted by atomic mass is 9.79. The topological polar surface area (TPSA) is 43.0 Å². The second kappa shape index (κ2) is 9.00. The molecule has 2 fully saturated rings. The van der Waals surface area contributed by atoms with Crippen molar-refractivity contribution in [3.63, 3.8) is 0 Å². The summed E-state index contributed by atoms with van der Waals surface area (Å²) in [5, 5.41) is 5.06. The first-order valence-corrected chi connectivity index (χ1v) is 11.7. The van der Waals surface area contributed by atoms with Gasteiger partial charge in [0.15, 0.2) is 0 Å². The number of hydrogen-bond acceptors (Lipinski definition) is 2. The van der Waals surface area contributed by atoms with Crippen LogP contribution in [-0.4, -0.2) is 24.2 Å². The van der Waals surface area contributed by atoms with Crippen LogP contribution in [0.2, 0.25) is 0 Å². The number of hydrogen-bond donors (Lipinski definition) is 2. The van der Waals surface area contributed by atoms with Crippen LogP contribution in [0.1, 0.15) is 82.0 Å². The summed E-state index contributed by atoms with van der Waals surface area (Å²) < 4.78 is 2.81. The van der Waals surface area contributed by atoms with E-state index in [1.807, 2.05) is 0 Å². The van der Waals surface area contributed by atoms with Crippen molar-refractivity contribution in [3.05, 3.63) is 35.5 Å². The highest BCUT2D eigenvalue weighted by Gasteiger charge is 2.31. The molecule has 4 rings (SSSR count). The van der Waals surface area contributed by atoms with Crippen molar-refractivity contribution in [1.82, 2.24) is 9.88 Å². The lowest BCUT2D eigenvalue weighted by Crippen LogP contribution is -2.29. The minimum Gasteiger partial charge on any atom is -0.341 e. The predicted molar refractivity (Wildman–Crippen MR) is 120 cm³/mol. The van der Waals surface area contributed by atoms with Gasteiger partial charge in [-0.05, 0) is 94.5 Å². The highest BCUT2D eigenvalue weighted by atomic mass is 15.0. The van der Waals surface area contributed by atoms with Gasteiger partial charge in [0.25, 0.3) is 0 Å². The van der Waals surface area contributed by atoms with Crippen molar-refractivity contribution >= 4 is 10.9 Å². The molecule has 0 atom stereocenters. The van der Waals surface area contributed by atoms with Crippen LogP contribution in [0.25, 0.3) is 10.9 Å². The number of nitrogens with two attached hydrogens (primary N) is 1. The molecule has 0 amide bonds. The zero-order valence-electron chi connectivity index (χ0n) is 17.9. The zero-order chi connectivity index (χ0) is 19.5. The SMILES string of the molecule is CC(C)C1CCC(n2c(C3CCNCC3)c(CCCN)c3ccccc32)CC1. The average molecular weight is 382 g/mol. The van der Waals surface area contributed by atoms with Crippen molar-refractivity contribution in [1.29, 1.82) is 0 Å². The first-order valence-electron chi connectivity index (χ1n) is 11.7. The van der Waals surface area contributed by atoms with Crippen LogP contribution in [0.15, 0.2) is 24.3 Å². The van der Waals surface area contributed by atoms with E-state index in [-0.39, 0.29) is 0 Å². The third kappa shape index (κ3) is 3.89. The van der Waals surface area contributed by atoms with Crippen LogP contribution in [0.3, 0.4) is 0 Å². The van der Waals surface area contributed by atoms with Gasteiger partial charge in [-0.15, -0.1) is 0 Å². The molecule has 1 aliphatic heterocycles. The Morgan fingerprint density at radius 3 is 2.43 bits per heavy atom. The average Bonchev–Trinajstić information content (AvgIpc) is 3.07. The van der Waals surface area contributed by atoms with Crippen LogP contribution in [0.5, 0.6) is 0 Å². The van der Waals surface area contributed by atoms with Gasteiger partial charge >= 0.3 is 0 Å². The monoisotopic (exact) mass is 381 g/mol. The molecule has 1 aromatic carbocycles. The van der Waals surface area contributed by atoms with Gasteiger partial charge in [0, 0.05) is 28.6 Å². The molecule has 0 radical (unpaired) electrons. The molecule has 1 saturated carbocycles. The summed E-state index contributed by atoms with van der Waals surface area (Å²) in [5.74, 6) is 2.44. The summed E-state index contributed by atoms with van der Waals surface area (Å²) >= 11 is 0. The van der Waals surface area contributed by atoms with E-state index in [4.69, 9.17) is 5.73 Å². The molecule has 1 aliphatic carbocycles. The molecule has 2 aromatic rings. The largest absolute Gasteiger partial charge is 0.341 e. The molecule has 154 valence electrons. The van der Waals surface area contributed by atoms with Crippen molar-refractivity contribution < 1.29 is 0 Å². The fraction of sp³-hybridized carbons (Fsp3) is 0.680. The molecule has 3 N–H and O–H groups in total. The van der Waals surface area contributed by atoms with E-state index < -0.39 is 0 Å². The van der Waals surface area contributed by atoms with Crippen molar-refractivity contribution in [2.75, 3.05) is 19.6 Å². The fourth-order valence-electron chi connectivity index (χ4n) is 5.85. The van der Waals surface area contributed by atoms with Gasteiger partial charge in [-0.1, -0.05) is 32.0 Å². The van der Waals surface area contributed by atoms with E-state index in [1.165, 1.54) is 49.4 Å². The van der Waals surface area contributed by atoms with Gasteiger partial charge in [-0.2, -0.15) is 0 Å². The van der Waals surface area contributed by atoms with Crippen LogP contribution in [0, 0.1) is 11.8 Å². The molecule has 0 spiro atoms. The molecular weight excluding hydrogens is 342 g/mol. The number of nitrogens with zero attached hydrogens (tertiary/aromatic N) is 1. The number of rotatable bonds is 6. The van der Waals surface area contributed by atoms with Crippen molar-refractivity contribution in [2.24, 2.45) is 17.6 Å². The number of piperidine rings is 1. The third-order valence-corrected chi connectivity index (χ3v) is 7.46. The van der Waals surface area contributed by atoms with Crippen molar-refractivity contribution in [2.45, 2.75) is 77.2 Å². The first-order chi connectivity index (χ1) is 13.7. The normalized spacial score (nSPS) is 24.3. The molecule has 2 aliphatic rings. The Morgan fingerprint density at radius 2 is 1.75 bits per heavy atom. The van der Waals surface area contributed by atoms with Crippen LogP contribution in [-0.2, 0) is 6.42 Å². The molecule has 2 heterocycles. The molecule has 0 bridgehead atoms. The molecule has 3 heteroatoms. The number of aromatic nitrogens is 1. The smallest absolute Gasteiger partial charge is 0.0488 e. The van der Waals surface area contributed by atoms with E-state index >= 15 is 0 Å². The fourth-order valence-corrected chi connectivity index (χ4v) is 5.85. The Bertz CT molecular complexity index is 761. The van der Waals surface area contributed by atoms with Gasteiger partial charge in [-0.25, -0.2) is 0 Å². The predicted octanol–water partition coefficient (Wildman–Crippen LogP) is 5.39. The lowest BCUT2D eigenvalue weighted by molar-refractivity contribution is 0.224. The first kappa shape index (κ1) is 20.0. The van der Waals surface area contributed by atoms with Crippen molar-refractivity contribution in [3.8, 4) is 0 Å². The Morgan fingerprint density at radius 1 is 1.04 bits per heavy atom. The number of para-hydroxylation sites is 1. The van der Waals surface area contributed by atoms with E-state index in [0.717, 1.165) is 44.3 Å². The third-order valence-electron chi connectivity index (χ3n) is 7.46. The van der Waals surface area contributed by atoms with E-state index in [1.54, 1.807) is 11.3 Å². The minimum absolute atomic E-state index is 0.677. The Kier molecular flexibility index (Phi) is 6.42. The number of benzene rings is 1. The Balaban J connectivity index is 1.77. The van der Waals surface area contributed by atoms with E-state index in [9.17, 15) is 0 Å². The molecule has 3 nitrogen and oxygen atoms in total. The molecule has 1 saturated heterocycles. The summed E-state index contributed by atoms with van der Waals surface area (Å²) in [6.45, 7) is 7.90. The van der Waals surface area contributed by atoms with Crippen LogP contribution >= 0.6 is 0 Å². The standard InChI is InChI=1S/C25H39N3/c1-18(2)19-9-11-21(12-10-19)28-24-8-4-3-6-22(24)23(7-5-15-26)25(28)20-13-16-27-17-14-20/h3-4,6,8,18-21,27H,5,7,9-17,26H2,1-2H3. The highest BCUT2D eigenvalue weighted by Crippen LogP contribution is 2.43. The summed E-state index contributed by atoms with van der Waals surface area (Å²) in [6, 6.07) is 9.87. The summed E-state index contributed by atoms with van der Waals surface area (Å²) in [6.07, 6.45) is 10.2.